The van der Waals surface area contributed by atoms with E-state index in [1.807, 2.05) is 24.3 Å². The molecule has 4 nitrogen and oxygen atoms in total. The lowest BCUT2D eigenvalue weighted by molar-refractivity contribution is -0.121. The van der Waals surface area contributed by atoms with E-state index >= 15 is 0 Å². The van der Waals surface area contributed by atoms with Gasteiger partial charge in [-0.05, 0) is 31.2 Å². The molecule has 1 heterocycles. The third-order valence-corrected chi connectivity index (χ3v) is 5.46. The summed E-state index contributed by atoms with van der Waals surface area (Å²) in [7, 11) is 0. The Labute approximate surface area is 178 Å². The minimum absolute atomic E-state index is 0.156. The molecular formula is C23H19Cl2N3O. The molecule has 4 aromatic rings. The van der Waals surface area contributed by atoms with Gasteiger partial charge in [-0.3, -0.25) is 4.79 Å². The normalized spacial score (nSPS) is 11.9. The molecule has 4 rings (SSSR count). The van der Waals surface area contributed by atoms with Gasteiger partial charge in [0, 0.05) is 45.4 Å². The van der Waals surface area contributed by atoms with Crippen LogP contribution in [0.4, 0.5) is 0 Å². The first-order chi connectivity index (χ1) is 14.0. The van der Waals surface area contributed by atoms with Crippen LogP contribution in [0, 0.1) is 0 Å². The molecule has 0 aliphatic carbocycles. The second-order valence-electron chi connectivity index (χ2n) is 6.79. The zero-order valence-electron chi connectivity index (χ0n) is 15.8. The molecule has 0 radical (unpaired) electrons. The van der Waals surface area contributed by atoms with E-state index < -0.39 is 0 Å². The standard InChI is InChI=1S/C23H19Cl2N3O/c1-15(17-11-10-16(24)14-20(17)25)26-27-23(29)12-13-28-21-8-4-2-6-18(21)19-7-3-5-9-22(19)28/h2-11,14H,12-13H2,1H3,(H,27,29). The number of rotatable bonds is 5. The maximum atomic E-state index is 12.4. The highest BCUT2D eigenvalue weighted by molar-refractivity contribution is 6.37. The molecule has 0 spiro atoms. The van der Waals surface area contributed by atoms with Crippen molar-refractivity contribution < 1.29 is 4.79 Å². The van der Waals surface area contributed by atoms with E-state index in [0.717, 1.165) is 16.6 Å². The van der Waals surface area contributed by atoms with Crippen LogP contribution in [-0.2, 0) is 11.3 Å². The van der Waals surface area contributed by atoms with Gasteiger partial charge in [-0.15, -0.1) is 0 Å². The first-order valence-corrected chi connectivity index (χ1v) is 10.0. The Bertz CT molecular complexity index is 1190. The van der Waals surface area contributed by atoms with Gasteiger partial charge in [0.2, 0.25) is 5.91 Å². The van der Waals surface area contributed by atoms with E-state index in [1.54, 1.807) is 25.1 Å². The number of fused-ring (bicyclic) bond motifs is 3. The number of para-hydroxylation sites is 2. The lowest BCUT2D eigenvalue weighted by Crippen LogP contribution is -2.20. The maximum absolute atomic E-state index is 12.4. The van der Waals surface area contributed by atoms with Crippen LogP contribution in [0.25, 0.3) is 21.8 Å². The summed E-state index contributed by atoms with van der Waals surface area (Å²) in [4.78, 5) is 12.4. The van der Waals surface area contributed by atoms with Crippen LogP contribution < -0.4 is 5.43 Å². The SMILES string of the molecule is CC(=NNC(=O)CCn1c2ccccc2c2ccccc21)c1ccc(Cl)cc1Cl. The molecule has 0 saturated heterocycles. The van der Waals surface area contributed by atoms with Gasteiger partial charge in [0.25, 0.3) is 0 Å². The molecule has 0 aliphatic heterocycles. The number of amides is 1. The summed E-state index contributed by atoms with van der Waals surface area (Å²) < 4.78 is 2.18. The number of nitrogens with zero attached hydrogens (tertiary/aromatic N) is 2. The highest BCUT2D eigenvalue weighted by Crippen LogP contribution is 2.28. The van der Waals surface area contributed by atoms with Crippen molar-refractivity contribution in [2.24, 2.45) is 5.10 Å². The van der Waals surface area contributed by atoms with Crippen molar-refractivity contribution in [1.82, 2.24) is 9.99 Å². The predicted molar refractivity (Wildman–Crippen MR) is 121 cm³/mol. The Balaban J connectivity index is 1.50. The van der Waals surface area contributed by atoms with Crippen LogP contribution >= 0.6 is 23.2 Å². The molecule has 1 amide bonds. The minimum atomic E-state index is -0.156. The van der Waals surface area contributed by atoms with Gasteiger partial charge in [0.05, 0.1) is 10.7 Å². The summed E-state index contributed by atoms with van der Waals surface area (Å²) in [5.41, 5.74) is 6.22. The van der Waals surface area contributed by atoms with Gasteiger partial charge in [0.1, 0.15) is 0 Å². The first kappa shape index (κ1) is 19.5. The van der Waals surface area contributed by atoms with Crippen molar-refractivity contribution in [1.29, 1.82) is 0 Å². The molecule has 29 heavy (non-hydrogen) atoms. The predicted octanol–water partition coefficient (Wildman–Crippen LogP) is 6.03. The summed E-state index contributed by atoms with van der Waals surface area (Å²) in [6.45, 7) is 2.36. The number of hydrogen-bond acceptors (Lipinski definition) is 2. The van der Waals surface area contributed by atoms with Gasteiger partial charge in [-0.2, -0.15) is 5.10 Å². The fraction of sp³-hybridized carbons (Fsp3) is 0.130. The molecule has 0 fully saturated rings. The van der Waals surface area contributed by atoms with Crippen molar-refractivity contribution >= 4 is 56.6 Å². The summed E-state index contributed by atoms with van der Waals surface area (Å²) in [6.07, 6.45) is 0.313. The Morgan fingerprint density at radius 2 is 1.59 bits per heavy atom. The molecule has 0 aliphatic rings. The zero-order valence-corrected chi connectivity index (χ0v) is 17.3. The molecule has 0 atom stereocenters. The van der Waals surface area contributed by atoms with Gasteiger partial charge >= 0.3 is 0 Å². The average molecular weight is 424 g/mol. The van der Waals surface area contributed by atoms with Crippen LogP contribution in [-0.4, -0.2) is 16.2 Å². The average Bonchev–Trinajstić information content (AvgIpc) is 3.04. The number of halogens is 2. The zero-order chi connectivity index (χ0) is 20.4. The second kappa shape index (κ2) is 8.27. The molecule has 1 aromatic heterocycles. The second-order valence-corrected chi connectivity index (χ2v) is 7.64. The van der Waals surface area contributed by atoms with Gasteiger partial charge < -0.3 is 4.57 Å². The minimum Gasteiger partial charge on any atom is -0.340 e. The third-order valence-electron chi connectivity index (χ3n) is 4.91. The molecule has 0 bridgehead atoms. The molecule has 6 heteroatoms. The monoisotopic (exact) mass is 423 g/mol. The molecular weight excluding hydrogens is 405 g/mol. The van der Waals surface area contributed by atoms with Crippen LogP contribution in [0.5, 0.6) is 0 Å². The molecule has 146 valence electrons. The van der Waals surface area contributed by atoms with E-state index in [4.69, 9.17) is 23.2 Å². The topological polar surface area (TPSA) is 46.4 Å². The maximum Gasteiger partial charge on any atom is 0.241 e. The van der Waals surface area contributed by atoms with Gasteiger partial charge in [-0.1, -0.05) is 65.7 Å². The van der Waals surface area contributed by atoms with Crippen molar-refractivity contribution in [3.05, 3.63) is 82.3 Å². The van der Waals surface area contributed by atoms with E-state index in [1.165, 1.54) is 10.8 Å². The number of carbonyl (C=O) groups is 1. The Hall–Kier alpha value is -2.82. The summed E-state index contributed by atoms with van der Waals surface area (Å²) in [5, 5.41) is 7.62. The summed E-state index contributed by atoms with van der Waals surface area (Å²) in [6, 6.07) is 21.7. The lowest BCUT2D eigenvalue weighted by atomic mass is 10.1. The van der Waals surface area contributed by atoms with Crippen LogP contribution in [0.15, 0.2) is 71.8 Å². The van der Waals surface area contributed by atoms with Crippen LogP contribution in [0.2, 0.25) is 10.0 Å². The van der Waals surface area contributed by atoms with Crippen molar-refractivity contribution in [3.8, 4) is 0 Å². The molecule has 0 saturated carbocycles. The fourth-order valence-corrected chi connectivity index (χ4v) is 4.05. The van der Waals surface area contributed by atoms with E-state index in [9.17, 15) is 4.79 Å². The number of carbonyl (C=O) groups excluding carboxylic acids is 1. The van der Waals surface area contributed by atoms with E-state index in [2.05, 4.69) is 39.4 Å². The smallest absolute Gasteiger partial charge is 0.241 e. The quantitative estimate of drug-likeness (QED) is 0.309. The van der Waals surface area contributed by atoms with Crippen molar-refractivity contribution in [2.75, 3.05) is 0 Å². The van der Waals surface area contributed by atoms with Crippen LogP contribution in [0.1, 0.15) is 18.9 Å². The summed E-state index contributed by atoms with van der Waals surface area (Å²) in [5.74, 6) is -0.156. The van der Waals surface area contributed by atoms with Crippen molar-refractivity contribution in [3.63, 3.8) is 0 Å². The third kappa shape index (κ3) is 4.00. The van der Waals surface area contributed by atoms with Crippen molar-refractivity contribution in [2.45, 2.75) is 19.9 Å². The number of hydrazone groups is 1. The Morgan fingerprint density at radius 3 is 2.21 bits per heavy atom. The number of nitrogens with one attached hydrogen (secondary N) is 1. The van der Waals surface area contributed by atoms with Gasteiger partial charge in [-0.25, -0.2) is 5.43 Å². The highest BCUT2D eigenvalue weighted by Gasteiger charge is 2.11. The summed E-state index contributed by atoms with van der Waals surface area (Å²) >= 11 is 12.1. The molecule has 0 unspecified atom stereocenters. The number of aryl methyl sites for hydroxylation is 1. The first-order valence-electron chi connectivity index (χ1n) is 9.29. The van der Waals surface area contributed by atoms with Gasteiger partial charge in [0.15, 0.2) is 0 Å². The molecule has 1 N–H and O–H groups in total. The molecule has 3 aromatic carbocycles. The Kier molecular flexibility index (Phi) is 5.56. The van der Waals surface area contributed by atoms with Crippen LogP contribution in [0.3, 0.4) is 0 Å². The van der Waals surface area contributed by atoms with E-state index in [0.29, 0.717) is 28.7 Å². The number of benzene rings is 3. The fourth-order valence-electron chi connectivity index (χ4n) is 3.50. The lowest BCUT2D eigenvalue weighted by Gasteiger charge is -2.08. The van der Waals surface area contributed by atoms with E-state index in [-0.39, 0.29) is 5.91 Å². The largest absolute Gasteiger partial charge is 0.340 e. The Morgan fingerprint density at radius 1 is 0.966 bits per heavy atom. The highest BCUT2D eigenvalue weighted by atomic mass is 35.5. The number of aromatic nitrogens is 1. The number of hydrogen-bond donors (Lipinski definition) is 1.